The van der Waals surface area contributed by atoms with E-state index < -0.39 is 18.0 Å². The largest absolute Gasteiger partial charge is 0.504 e. The van der Waals surface area contributed by atoms with E-state index in [4.69, 9.17) is 0 Å². The van der Waals surface area contributed by atoms with E-state index in [0.717, 1.165) is 10.5 Å². The van der Waals surface area contributed by atoms with Crippen LogP contribution in [0.4, 0.5) is 13.2 Å². The SMILES string of the molecule is O=C(N1CCc2cc(O)c(O)cc2C(c2ccccc2)C1)C(F)(F)F.[Ar]. The van der Waals surface area contributed by atoms with Gasteiger partial charge in [-0.3, -0.25) is 4.79 Å². The fourth-order valence-electron chi connectivity index (χ4n) is 3.18. The first-order chi connectivity index (χ1) is 11.8. The van der Waals surface area contributed by atoms with E-state index in [9.17, 15) is 28.2 Å². The van der Waals surface area contributed by atoms with E-state index in [1.807, 2.05) is 0 Å². The van der Waals surface area contributed by atoms with Crippen molar-refractivity contribution in [2.45, 2.75) is 18.5 Å². The van der Waals surface area contributed by atoms with Gasteiger partial charge in [0.05, 0.1) is 0 Å². The predicted octanol–water partition coefficient (Wildman–Crippen LogP) is 3.18. The summed E-state index contributed by atoms with van der Waals surface area (Å²) in [6.07, 6.45) is -4.78. The van der Waals surface area contributed by atoms with Crippen LogP contribution < -0.4 is 0 Å². The molecule has 0 aromatic heterocycles. The van der Waals surface area contributed by atoms with Crippen molar-refractivity contribution >= 4 is 5.91 Å². The number of hydrogen-bond donors (Lipinski definition) is 2. The number of carbonyl (C=O) groups is 1. The Morgan fingerprint density at radius 1 is 1.08 bits per heavy atom. The molecular formula is C18H16ArF3NO3. The van der Waals surface area contributed by atoms with Crippen LogP contribution in [0, 0.1) is 37.7 Å². The first-order valence-electron chi connectivity index (χ1n) is 7.73. The van der Waals surface area contributed by atoms with Gasteiger partial charge in [-0.15, -0.1) is 0 Å². The number of rotatable bonds is 1. The van der Waals surface area contributed by atoms with E-state index in [1.165, 1.54) is 12.1 Å². The second-order valence-corrected chi connectivity index (χ2v) is 6.00. The van der Waals surface area contributed by atoms with Crippen molar-refractivity contribution in [1.29, 1.82) is 0 Å². The number of alkyl halides is 3. The molecule has 2 aromatic carbocycles. The van der Waals surface area contributed by atoms with Gasteiger partial charge in [-0.2, -0.15) is 13.2 Å². The minimum absolute atomic E-state index is 0. The van der Waals surface area contributed by atoms with E-state index in [0.29, 0.717) is 11.1 Å². The number of amides is 1. The van der Waals surface area contributed by atoms with Crippen molar-refractivity contribution in [3.8, 4) is 11.5 Å². The molecule has 2 N–H and O–H groups in total. The molecular weight excluding hydrogens is 375 g/mol. The number of fused-ring (bicyclic) bond motifs is 1. The summed E-state index contributed by atoms with van der Waals surface area (Å²) in [5.74, 6) is -3.08. The second kappa shape index (κ2) is 8.06. The van der Waals surface area contributed by atoms with Gasteiger partial charge in [-0.1, -0.05) is 30.3 Å². The van der Waals surface area contributed by atoms with Crippen molar-refractivity contribution < 1.29 is 65.9 Å². The molecule has 8 heteroatoms. The molecule has 0 fully saturated rings. The fraction of sp³-hybridized carbons (Fsp3) is 0.278. The number of benzene rings is 2. The summed E-state index contributed by atoms with van der Waals surface area (Å²) in [6.45, 7) is -0.265. The average molecular weight is 391 g/mol. The summed E-state index contributed by atoms with van der Waals surface area (Å²) in [4.78, 5) is 12.5. The first kappa shape index (κ1) is 20.9. The number of hydrogen-bond acceptors (Lipinski definition) is 3. The van der Waals surface area contributed by atoms with Crippen molar-refractivity contribution in [1.82, 2.24) is 4.90 Å². The number of halogens is 3. The number of phenolic OH excluding ortho intramolecular Hbond substituents is 2. The van der Waals surface area contributed by atoms with Gasteiger partial charge in [-0.25, -0.2) is 0 Å². The van der Waals surface area contributed by atoms with E-state index in [2.05, 4.69) is 0 Å². The number of nitrogens with zero attached hydrogens (tertiary/aromatic N) is 1. The molecule has 4 nitrogen and oxygen atoms in total. The number of phenols is 2. The van der Waals surface area contributed by atoms with Crippen LogP contribution in [0.5, 0.6) is 11.5 Å². The third kappa shape index (κ3) is 4.27. The van der Waals surface area contributed by atoms with Crippen LogP contribution in [0.1, 0.15) is 22.6 Å². The molecule has 0 saturated carbocycles. The zero-order valence-electron chi connectivity index (χ0n) is 13.5. The first-order valence-corrected chi connectivity index (χ1v) is 7.73. The zero-order chi connectivity index (χ0) is 18.2. The molecule has 1 amide bonds. The Bertz CT molecular complexity index is 796. The van der Waals surface area contributed by atoms with Gasteiger partial charge in [0.2, 0.25) is 0 Å². The minimum atomic E-state index is -4.94. The summed E-state index contributed by atoms with van der Waals surface area (Å²) < 4.78 is 38.6. The Labute approximate surface area is 178 Å². The number of carbonyl (C=O) groups excluding carboxylic acids is 1. The molecule has 1 heterocycles. The smallest absolute Gasteiger partial charge is 0.471 e. The van der Waals surface area contributed by atoms with Crippen molar-refractivity contribution in [3.63, 3.8) is 0 Å². The van der Waals surface area contributed by atoms with Crippen LogP contribution in [0.15, 0.2) is 42.5 Å². The van der Waals surface area contributed by atoms with Crippen LogP contribution in [0.2, 0.25) is 0 Å². The Morgan fingerprint density at radius 2 is 1.69 bits per heavy atom. The van der Waals surface area contributed by atoms with E-state index >= 15 is 0 Å². The van der Waals surface area contributed by atoms with Crippen LogP contribution in [-0.4, -0.2) is 40.3 Å². The molecule has 0 aliphatic carbocycles. The number of aromatic hydroxyl groups is 2. The van der Waals surface area contributed by atoms with Gasteiger partial charge < -0.3 is 15.1 Å². The van der Waals surface area contributed by atoms with Crippen LogP contribution >= 0.6 is 0 Å². The average Bonchev–Trinajstić information content (AvgIpc) is 2.74. The van der Waals surface area contributed by atoms with E-state index in [1.54, 1.807) is 30.3 Å². The van der Waals surface area contributed by atoms with Gasteiger partial charge in [-0.05, 0) is 35.2 Å². The standard InChI is InChI=1S/C18H16F3NO3.Ar/c19-18(20,21)17(25)22-7-6-12-8-15(23)16(24)9-13(12)14(10-22)11-4-2-1-3-5-11;/h1-5,8-9,14,23-24H,6-7,10H2;. The van der Waals surface area contributed by atoms with Gasteiger partial charge in [0.1, 0.15) is 0 Å². The Hall–Kier alpha value is -1.44. The molecule has 26 heavy (non-hydrogen) atoms. The molecule has 1 atom stereocenters. The zero-order valence-corrected chi connectivity index (χ0v) is 14.2. The predicted molar refractivity (Wildman–Crippen MR) is 84.4 cm³/mol. The maximum atomic E-state index is 12.9. The maximum Gasteiger partial charge on any atom is 0.471 e. The Balaban J connectivity index is 0.00000243. The van der Waals surface area contributed by atoms with Crippen molar-refractivity contribution in [2.75, 3.05) is 13.1 Å². The van der Waals surface area contributed by atoms with Gasteiger partial charge in [0, 0.05) is 56.7 Å². The minimum Gasteiger partial charge on any atom is -0.504 e. The van der Waals surface area contributed by atoms with Gasteiger partial charge >= 0.3 is 12.1 Å². The molecule has 0 radical (unpaired) electrons. The van der Waals surface area contributed by atoms with E-state index in [-0.39, 0.29) is 68.7 Å². The Kier molecular flexibility index (Phi) is 6.47. The summed E-state index contributed by atoms with van der Waals surface area (Å²) in [5, 5.41) is 19.5. The molecule has 0 bridgehead atoms. The monoisotopic (exact) mass is 391 g/mol. The summed E-state index contributed by atoms with van der Waals surface area (Å²) >= 11 is 0. The van der Waals surface area contributed by atoms with Crippen molar-refractivity contribution in [2.24, 2.45) is 0 Å². The molecule has 1 unspecified atom stereocenters. The summed E-state index contributed by atoms with van der Waals surface area (Å²) in [6, 6.07) is 11.5. The normalized spacial score (nSPS) is 17.0. The van der Waals surface area contributed by atoms with Crippen LogP contribution in [-0.2, 0) is 11.2 Å². The van der Waals surface area contributed by atoms with Crippen LogP contribution in [0.3, 0.4) is 0 Å². The summed E-state index contributed by atoms with van der Waals surface area (Å²) in [7, 11) is 0. The third-order valence-electron chi connectivity index (χ3n) is 4.40. The fourth-order valence-corrected chi connectivity index (χ4v) is 3.18. The molecule has 1 aliphatic rings. The molecule has 2 aromatic rings. The topological polar surface area (TPSA) is 60.8 Å². The quantitative estimate of drug-likeness (QED) is 0.735. The van der Waals surface area contributed by atoms with Gasteiger partial charge in [0.25, 0.3) is 0 Å². The summed E-state index contributed by atoms with van der Waals surface area (Å²) in [5.41, 5.74) is 1.95. The van der Waals surface area contributed by atoms with Crippen LogP contribution in [0.25, 0.3) is 0 Å². The van der Waals surface area contributed by atoms with Gasteiger partial charge in [0.15, 0.2) is 11.5 Å². The molecule has 0 saturated heterocycles. The Morgan fingerprint density at radius 3 is 2.31 bits per heavy atom. The third-order valence-corrected chi connectivity index (χ3v) is 4.40. The molecule has 0 spiro atoms. The maximum absolute atomic E-state index is 12.9. The molecule has 3 rings (SSSR count). The van der Waals surface area contributed by atoms with Crippen molar-refractivity contribution in [3.05, 3.63) is 59.2 Å². The molecule has 1 aliphatic heterocycles. The second-order valence-electron chi connectivity index (χ2n) is 6.00. The molecule has 140 valence electrons.